The van der Waals surface area contributed by atoms with Crippen molar-refractivity contribution in [2.45, 2.75) is 84.7 Å². The van der Waals surface area contributed by atoms with Gasteiger partial charge in [-0.1, -0.05) is 31.6 Å². The maximum atomic E-state index is 12.9. The molecule has 2 nitrogen and oxygen atoms in total. The first-order valence-electron chi connectivity index (χ1n) is 11.2. The molecule has 3 saturated carbocycles. The molecule has 4 rings (SSSR count). The van der Waals surface area contributed by atoms with Crippen molar-refractivity contribution >= 4 is 5.78 Å². The fraction of sp³-hybridized carbons (Fsp3) is 0.800. The molecular formula is C25H38O2. The highest BCUT2D eigenvalue weighted by atomic mass is 16.5. The van der Waals surface area contributed by atoms with E-state index in [1.807, 2.05) is 20.1 Å². The lowest BCUT2D eigenvalue weighted by Gasteiger charge is -2.59. The zero-order valence-corrected chi connectivity index (χ0v) is 17.9. The van der Waals surface area contributed by atoms with Gasteiger partial charge in [-0.15, -0.1) is 6.58 Å². The van der Waals surface area contributed by atoms with Gasteiger partial charge in [-0.25, -0.2) is 0 Å². The number of hydrogen-bond acceptors (Lipinski definition) is 2. The Kier molecular flexibility index (Phi) is 4.73. The van der Waals surface area contributed by atoms with Gasteiger partial charge < -0.3 is 4.74 Å². The van der Waals surface area contributed by atoms with Crippen LogP contribution in [-0.4, -0.2) is 19.0 Å². The molecule has 0 aromatic carbocycles. The highest BCUT2D eigenvalue weighted by Crippen LogP contribution is 2.70. The molecular weight excluding hydrogens is 332 g/mol. The Balaban J connectivity index is 1.67. The molecule has 0 bridgehead atoms. The van der Waals surface area contributed by atoms with E-state index in [0.717, 1.165) is 31.1 Å². The molecule has 3 fully saturated rings. The van der Waals surface area contributed by atoms with Crippen molar-refractivity contribution in [2.75, 3.05) is 7.11 Å². The normalized spacial score (nSPS) is 48.8. The van der Waals surface area contributed by atoms with Crippen molar-refractivity contribution in [2.24, 2.45) is 34.0 Å². The molecule has 27 heavy (non-hydrogen) atoms. The summed E-state index contributed by atoms with van der Waals surface area (Å²) in [6.45, 7) is 10.8. The van der Waals surface area contributed by atoms with Crippen molar-refractivity contribution in [3.8, 4) is 0 Å². The first-order valence-corrected chi connectivity index (χ1v) is 11.2. The number of rotatable bonds is 4. The Bertz CT molecular complexity index is 663. The van der Waals surface area contributed by atoms with E-state index in [0.29, 0.717) is 23.2 Å². The van der Waals surface area contributed by atoms with Gasteiger partial charge in [-0.05, 0) is 93.3 Å². The van der Waals surface area contributed by atoms with Crippen molar-refractivity contribution in [3.63, 3.8) is 0 Å². The molecule has 0 heterocycles. The van der Waals surface area contributed by atoms with Crippen LogP contribution in [0.4, 0.5) is 0 Å². The summed E-state index contributed by atoms with van der Waals surface area (Å²) in [5.41, 5.74) is 2.02. The van der Waals surface area contributed by atoms with Gasteiger partial charge in [0, 0.05) is 12.5 Å². The largest absolute Gasteiger partial charge is 0.381 e. The first kappa shape index (κ1) is 19.4. The summed E-state index contributed by atoms with van der Waals surface area (Å²) in [5.74, 6) is 2.64. The van der Waals surface area contributed by atoms with E-state index < -0.39 is 0 Å². The Morgan fingerprint density at radius 2 is 1.96 bits per heavy atom. The van der Waals surface area contributed by atoms with Crippen LogP contribution in [0.5, 0.6) is 0 Å². The number of fused-ring (bicyclic) bond motifs is 5. The van der Waals surface area contributed by atoms with Gasteiger partial charge in [-0.3, -0.25) is 4.79 Å². The molecule has 0 amide bonds. The SMILES string of the molecule is C=CC[C@]1(C(C)=O)CCC2C3CC=C4C[C@@H](OC)CC[C@]4(C)C3CCC21C. The predicted octanol–water partition coefficient (Wildman–Crippen LogP) is 6.12. The topological polar surface area (TPSA) is 26.3 Å². The van der Waals surface area contributed by atoms with E-state index in [4.69, 9.17) is 4.74 Å². The van der Waals surface area contributed by atoms with Crippen molar-refractivity contribution in [3.05, 3.63) is 24.3 Å². The van der Waals surface area contributed by atoms with E-state index in [2.05, 4.69) is 26.5 Å². The van der Waals surface area contributed by atoms with Crippen molar-refractivity contribution in [1.82, 2.24) is 0 Å². The van der Waals surface area contributed by atoms with Gasteiger partial charge in [0.2, 0.25) is 0 Å². The molecule has 0 aromatic heterocycles. The van der Waals surface area contributed by atoms with Gasteiger partial charge in [-0.2, -0.15) is 0 Å². The quantitative estimate of drug-likeness (QED) is 0.558. The average Bonchev–Trinajstić information content (AvgIpc) is 2.95. The Hall–Kier alpha value is -0.890. The van der Waals surface area contributed by atoms with E-state index in [1.54, 1.807) is 5.57 Å². The molecule has 0 saturated heterocycles. The molecule has 150 valence electrons. The lowest BCUT2D eigenvalue weighted by molar-refractivity contribution is -0.140. The van der Waals surface area contributed by atoms with E-state index >= 15 is 0 Å². The summed E-state index contributed by atoms with van der Waals surface area (Å²) in [6.07, 6.45) is 15.5. The van der Waals surface area contributed by atoms with Crippen molar-refractivity contribution < 1.29 is 9.53 Å². The molecule has 4 unspecified atom stereocenters. The van der Waals surface area contributed by atoms with Gasteiger partial charge in [0.1, 0.15) is 5.78 Å². The Morgan fingerprint density at radius 3 is 2.63 bits per heavy atom. The van der Waals surface area contributed by atoms with Crippen LogP contribution in [0, 0.1) is 34.0 Å². The van der Waals surface area contributed by atoms with E-state index in [9.17, 15) is 4.79 Å². The summed E-state index contributed by atoms with van der Waals surface area (Å²) < 4.78 is 5.70. The molecule has 0 spiro atoms. The average molecular weight is 371 g/mol. The van der Waals surface area contributed by atoms with Crippen LogP contribution < -0.4 is 0 Å². The lowest BCUT2D eigenvalue weighted by atomic mass is 9.45. The van der Waals surface area contributed by atoms with Crippen molar-refractivity contribution in [1.29, 1.82) is 0 Å². The van der Waals surface area contributed by atoms with Gasteiger partial charge >= 0.3 is 0 Å². The fourth-order valence-electron chi connectivity index (χ4n) is 8.27. The zero-order chi connectivity index (χ0) is 19.4. The third-order valence-corrected chi connectivity index (χ3v) is 9.92. The third kappa shape index (κ3) is 2.51. The first-order chi connectivity index (χ1) is 12.8. The minimum Gasteiger partial charge on any atom is -0.381 e. The van der Waals surface area contributed by atoms with Crippen LogP contribution in [-0.2, 0) is 9.53 Å². The van der Waals surface area contributed by atoms with E-state index in [1.165, 1.54) is 38.5 Å². The number of carbonyl (C=O) groups is 1. The monoisotopic (exact) mass is 370 g/mol. The van der Waals surface area contributed by atoms with Gasteiger partial charge in [0.05, 0.1) is 6.10 Å². The number of Topliss-reactive ketones (excluding diaryl/α,β-unsaturated/α-hetero) is 1. The minimum atomic E-state index is -0.164. The van der Waals surface area contributed by atoms with E-state index in [-0.39, 0.29) is 10.8 Å². The summed E-state index contributed by atoms with van der Waals surface area (Å²) in [6, 6.07) is 0. The van der Waals surface area contributed by atoms with Gasteiger partial charge in [0.15, 0.2) is 0 Å². The standard InChI is InChI=1S/C25H38O2/c1-6-12-25(17(2)26)15-11-22-20-8-7-18-16-19(27-5)9-13-23(18,3)21(20)10-14-24(22,25)4/h6-7,19-22H,1,8-16H2,2-5H3/t19-,20?,21?,22?,23-,24?,25+/m0/s1. The number of carbonyl (C=O) groups excluding carboxylic acids is 1. The number of hydrogen-bond donors (Lipinski definition) is 0. The zero-order valence-electron chi connectivity index (χ0n) is 17.9. The number of ether oxygens (including phenoxy) is 1. The number of methoxy groups -OCH3 is 1. The smallest absolute Gasteiger partial charge is 0.136 e. The Labute approximate surface area is 165 Å². The van der Waals surface area contributed by atoms with Crippen LogP contribution in [0.25, 0.3) is 0 Å². The molecule has 0 aliphatic heterocycles. The molecule has 4 aliphatic rings. The maximum Gasteiger partial charge on any atom is 0.136 e. The molecule has 7 atom stereocenters. The van der Waals surface area contributed by atoms with Crippen LogP contribution >= 0.6 is 0 Å². The summed E-state index contributed by atoms with van der Waals surface area (Å²) in [7, 11) is 1.87. The lowest BCUT2D eigenvalue weighted by Crippen LogP contribution is -2.53. The second-order valence-corrected chi connectivity index (χ2v) is 10.5. The van der Waals surface area contributed by atoms with Gasteiger partial charge in [0.25, 0.3) is 0 Å². The molecule has 0 N–H and O–H groups in total. The predicted molar refractivity (Wildman–Crippen MR) is 110 cm³/mol. The summed E-state index contributed by atoms with van der Waals surface area (Å²) in [4.78, 5) is 12.9. The third-order valence-electron chi connectivity index (χ3n) is 9.92. The highest BCUT2D eigenvalue weighted by Gasteiger charge is 2.64. The molecule has 0 aromatic rings. The molecule has 4 aliphatic carbocycles. The van der Waals surface area contributed by atoms with Crippen LogP contribution in [0.1, 0.15) is 78.6 Å². The second kappa shape index (κ2) is 6.58. The number of allylic oxidation sites excluding steroid dienone is 2. The molecule has 0 radical (unpaired) electrons. The Morgan fingerprint density at radius 1 is 1.22 bits per heavy atom. The molecule has 2 heteroatoms. The highest BCUT2D eigenvalue weighted by molar-refractivity contribution is 5.84. The maximum absolute atomic E-state index is 12.9. The van der Waals surface area contributed by atoms with Crippen LogP contribution in [0.2, 0.25) is 0 Å². The number of ketones is 1. The fourth-order valence-corrected chi connectivity index (χ4v) is 8.27. The second-order valence-electron chi connectivity index (χ2n) is 10.5. The van der Waals surface area contributed by atoms with Crippen LogP contribution in [0.3, 0.4) is 0 Å². The summed E-state index contributed by atoms with van der Waals surface area (Å²) in [5, 5.41) is 0. The summed E-state index contributed by atoms with van der Waals surface area (Å²) >= 11 is 0. The van der Waals surface area contributed by atoms with Crippen LogP contribution in [0.15, 0.2) is 24.3 Å². The minimum absolute atomic E-state index is 0.152.